The Hall–Kier alpha value is -3.02. The second-order valence-electron chi connectivity index (χ2n) is 6.21. The van der Waals surface area contributed by atoms with Crippen LogP contribution in [0.25, 0.3) is 0 Å². The maximum atomic E-state index is 12.9. The molecule has 25 heavy (non-hydrogen) atoms. The second-order valence-corrected chi connectivity index (χ2v) is 6.21. The molecule has 0 fully saturated rings. The fourth-order valence-electron chi connectivity index (χ4n) is 3.48. The van der Waals surface area contributed by atoms with E-state index in [0.717, 1.165) is 12.8 Å². The van der Waals surface area contributed by atoms with Crippen LogP contribution in [0.3, 0.4) is 0 Å². The van der Waals surface area contributed by atoms with Crippen LogP contribution in [-0.4, -0.2) is 37.6 Å². The minimum Gasteiger partial charge on any atom is -0.333 e. The fraction of sp³-hybridized carbons (Fsp3) is 0.263. The Morgan fingerprint density at radius 2 is 1.88 bits per heavy atom. The Balaban J connectivity index is 1.64. The van der Waals surface area contributed by atoms with E-state index in [9.17, 15) is 4.79 Å². The van der Waals surface area contributed by atoms with Crippen molar-refractivity contribution in [3.63, 3.8) is 0 Å². The molecule has 1 amide bonds. The number of hydrogen-bond donors (Lipinski definition) is 0. The molecule has 0 bridgehead atoms. The van der Waals surface area contributed by atoms with Gasteiger partial charge in [0.15, 0.2) is 6.33 Å². The van der Waals surface area contributed by atoms with E-state index in [2.05, 4.69) is 45.7 Å². The van der Waals surface area contributed by atoms with Gasteiger partial charge >= 0.3 is 0 Å². The standard InChI is InChI=1S/C19H19N5O/c25-19(13-24-21-14-20-22-24)23-11-10-16-8-4-5-9-17(16)18(23)12-15-6-2-1-3-7-15/h1-9,14,18H,10-13H2. The van der Waals surface area contributed by atoms with Crippen molar-refractivity contribution in [1.29, 1.82) is 0 Å². The molecule has 0 saturated heterocycles. The van der Waals surface area contributed by atoms with E-state index in [-0.39, 0.29) is 18.5 Å². The van der Waals surface area contributed by atoms with Gasteiger partial charge in [0.1, 0.15) is 6.54 Å². The molecule has 1 atom stereocenters. The van der Waals surface area contributed by atoms with Crippen LogP contribution in [0.4, 0.5) is 0 Å². The minimum absolute atomic E-state index is 0.0217. The monoisotopic (exact) mass is 333 g/mol. The van der Waals surface area contributed by atoms with E-state index in [1.165, 1.54) is 27.8 Å². The number of nitrogens with zero attached hydrogens (tertiary/aromatic N) is 5. The first kappa shape index (κ1) is 15.5. The quantitative estimate of drug-likeness (QED) is 0.733. The zero-order valence-corrected chi connectivity index (χ0v) is 13.8. The summed E-state index contributed by atoms with van der Waals surface area (Å²) in [6.45, 7) is 0.829. The molecular formula is C19H19N5O. The first-order chi connectivity index (χ1) is 12.3. The number of tetrazole rings is 1. The summed E-state index contributed by atoms with van der Waals surface area (Å²) in [5, 5.41) is 11.4. The van der Waals surface area contributed by atoms with Crippen LogP contribution in [-0.2, 0) is 24.2 Å². The highest BCUT2D eigenvalue weighted by atomic mass is 16.2. The van der Waals surface area contributed by atoms with Crippen molar-refractivity contribution in [2.75, 3.05) is 6.54 Å². The molecule has 126 valence electrons. The number of rotatable bonds is 4. The lowest BCUT2D eigenvalue weighted by atomic mass is 9.88. The number of hydrogen-bond acceptors (Lipinski definition) is 4. The van der Waals surface area contributed by atoms with Crippen molar-refractivity contribution < 1.29 is 4.79 Å². The molecule has 1 unspecified atom stereocenters. The molecule has 0 N–H and O–H groups in total. The van der Waals surface area contributed by atoms with Gasteiger partial charge in [-0.05, 0) is 34.7 Å². The topological polar surface area (TPSA) is 63.9 Å². The lowest BCUT2D eigenvalue weighted by molar-refractivity contribution is -0.135. The van der Waals surface area contributed by atoms with Crippen LogP contribution in [0, 0.1) is 0 Å². The molecule has 1 aromatic heterocycles. The van der Waals surface area contributed by atoms with Crippen LogP contribution >= 0.6 is 0 Å². The lowest BCUT2D eigenvalue weighted by Crippen LogP contribution is -2.42. The molecule has 0 spiro atoms. The Labute approximate surface area is 146 Å². The van der Waals surface area contributed by atoms with E-state index >= 15 is 0 Å². The Kier molecular flexibility index (Phi) is 4.24. The average molecular weight is 333 g/mol. The molecule has 6 heteroatoms. The number of amides is 1. The highest BCUT2D eigenvalue weighted by Gasteiger charge is 2.30. The number of fused-ring (bicyclic) bond motifs is 1. The lowest BCUT2D eigenvalue weighted by Gasteiger charge is -2.37. The molecule has 3 aromatic rings. The van der Waals surface area contributed by atoms with Crippen molar-refractivity contribution in [2.45, 2.75) is 25.4 Å². The molecule has 1 aliphatic heterocycles. The zero-order valence-electron chi connectivity index (χ0n) is 13.8. The van der Waals surface area contributed by atoms with Crippen LogP contribution in [0.5, 0.6) is 0 Å². The Bertz CT molecular complexity index is 847. The molecule has 2 aromatic carbocycles. The first-order valence-corrected chi connectivity index (χ1v) is 8.43. The molecule has 0 radical (unpaired) electrons. The SMILES string of the molecule is O=C(Cn1ncnn1)N1CCc2ccccc2C1Cc1ccccc1. The van der Waals surface area contributed by atoms with Gasteiger partial charge < -0.3 is 4.90 Å². The first-order valence-electron chi connectivity index (χ1n) is 8.43. The van der Waals surface area contributed by atoms with E-state index < -0.39 is 0 Å². The zero-order chi connectivity index (χ0) is 17.1. The van der Waals surface area contributed by atoms with Gasteiger partial charge in [0.05, 0.1) is 6.04 Å². The molecule has 0 saturated carbocycles. The van der Waals surface area contributed by atoms with Gasteiger partial charge in [0.25, 0.3) is 0 Å². The van der Waals surface area contributed by atoms with Crippen molar-refractivity contribution in [1.82, 2.24) is 25.1 Å². The molecule has 4 rings (SSSR count). The highest BCUT2D eigenvalue weighted by Crippen LogP contribution is 2.32. The largest absolute Gasteiger partial charge is 0.333 e. The number of carbonyl (C=O) groups is 1. The fourth-order valence-corrected chi connectivity index (χ4v) is 3.48. The van der Waals surface area contributed by atoms with Crippen molar-refractivity contribution in [3.05, 3.63) is 77.6 Å². The maximum absolute atomic E-state index is 12.9. The number of benzene rings is 2. The molecule has 2 heterocycles. The van der Waals surface area contributed by atoms with Gasteiger partial charge in [0.2, 0.25) is 5.91 Å². The Morgan fingerprint density at radius 3 is 2.68 bits per heavy atom. The second kappa shape index (κ2) is 6.84. The van der Waals surface area contributed by atoms with Gasteiger partial charge in [-0.1, -0.05) is 54.6 Å². The van der Waals surface area contributed by atoms with Crippen LogP contribution in [0.2, 0.25) is 0 Å². The third-order valence-electron chi connectivity index (χ3n) is 4.67. The van der Waals surface area contributed by atoms with Gasteiger partial charge in [-0.2, -0.15) is 4.80 Å². The van der Waals surface area contributed by atoms with Gasteiger partial charge in [-0.15, -0.1) is 10.2 Å². The van der Waals surface area contributed by atoms with E-state index in [0.29, 0.717) is 6.54 Å². The highest BCUT2D eigenvalue weighted by molar-refractivity contribution is 5.77. The smallest absolute Gasteiger partial charge is 0.246 e. The third-order valence-corrected chi connectivity index (χ3v) is 4.67. The molecule has 6 nitrogen and oxygen atoms in total. The van der Waals surface area contributed by atoms with Crippen molar-refractivity contribution in [2.24, 2.45) is 0 Å². The van der Waals surface area contributed by atoms with Gasteiger partial charge in [0, 0.05) is 6.54 Å². The van der Waals surface area contributed by atoms with Crippen LogP contribution in [0.15, 0.2) is 60.9 Å². The van der Waals surface area contributed by atoms with Gasteiger partial charge in [-0.3, -0.25) is 4.79 Å². The summed E-state index contributed by atoms with van der Waals surface area (Å²) in [5.74, 6) is 0.0217. The third kappa shape index (κ3) is 3.28. The summed E-state index contributed by atoms with van der Waals surface area (Å²) in [6.07, 6.45) is 3.02. The Morgan fingerprint density at radius 1 is 1.08 bits per heavy atom. The minimum atomic E-state index is 0.0217. The summed E-state index contributed by atoms with van der Waals surface area (Å²) in [4.78, 5) is 16.2. The molecular weight excluding hydrogens is 314 g/mol. The molecule has 0 aliphatic carbocycles. The number of aromatic nitrogens is 4. The normalized spacial score (nSPS) is 16.5. The molecule has 1 aliphatic rings. The summed E-state index contributed by atoms with van der Waals surface area (Å²) < 4.78 is 0. The predicted octanol–water partition coefficient (Wildman–Crippen LogP) is 2.04. The summed E-state index contributed by atoms with van der Waals surface area (Å²) in [5.41, 5.74) is 3.78. The summed E-state index contributed by atoms with van der Waals surface area (Å²) in [7, 11) is 0. The predicted molar refractivity (Wildman–Crippen MR) is 92.6 cm³/mol. The number of carbonyl (C=O) groups excluding carboxylic acids is 1. The van der Waals surface area contributed by atoms with Gasteiger partial charge in [-0.25, -0.2) is 0 Å². The van der Waals surface area contributed by atoms with Crippen LogP contribution in [0.1, 0.15) is 22.7 Å². The van der Waals surface area contributed by atoms with E-state index in [4.69, 9.17) is 0 Å². The van der Waals surface area contributed by atoms with Crippen LogP contribution < -0.4 is 0 Å². The average Bonchev–Trinajstić information content (AvgIpc) is 3.16. The summed E-state index contributed by atoms with van der Waals surface area (Å²) >= 11 is 0. The van der Waals surface area contributed by atoms with E-state index in [1.807, 2.05) is 29.2 Å². The van der Waals surface area contributed by atoms with Crippen molar-refractivity contribution in [3.8, 4) is 0 Å². The van der Waals surface area contributed by atoms with Crippen molar-refractivity contribution >= 4 is 5.91 Å². The van der Waals surface area contributed by atoms with E-state index in [1.54, 1.807) is 0 Å². The maximum Gasteiger partial charge on any atom is 0.246 e. The summed E-state index contributed by atoms with van der Waals surface area (Å²) in [6, 6.07) is 18.7.